The molecule has 1 saturated heterocycles. The van der Waals surface area contributed by atoms with Gasteiger partial charge in [-0.15, -0.1) is 12.4 Å². The summed E-state index contributed by atoms with van der Waals surface area (Å²) in [4.78, 5) is 13.2. The minimum Gasteiger partial charge on any atom is -0.497 e. The third kappa shape index (κ3) is 4.39. The van der Waals surface area contributed by atoms with Gasteiger partial charge in [-0.25, -0.2) is 0 Å². The van der Waals surface area contributed by atoms with Crippen LogP contribution >= 0.6 is 12.4 Å². The summed E-state index contributed by atoms with van der Waals surface area (Å²) >= 11 is 0. The van der Waals surface area contributed by atoms with E-state index in [4.69, 9.17) is 9.84 Å². The highest BCUT2D eigenvalue weighted by Gasteiger charge is 2.29. The lowest BCUT2D eigenvalue weighted by molar-refractivity contribution is -0.142. The van der Waals surface area contributed by atoms with Crippen LogP contribution in [0.5, 0.6) is 5.75 Å². The molecule has 4 nitrogen and oxygen atoms in total. The number of hydrogen-bond donors (Lipinski definition) is 1. The van der Waals surface area contributed by atoms with Gasteiger partial charge in [0.05, 0.1) is 7.11 Å². The molecule has 0 spiro atoms. The van der Waals surface area contributed by atoms with E-state index < -0.39 is 5.97 Å². The van der Waals surface area contributed by atoms with Gasteiger partial charge in [-0.3, -0.25) is 9.69 Å². The van der Waals surface area contributed by atoms with Gasteiger partial charge in [-0.05, 0) is 56.5 Å². The molecule has 1 aromatic rings. The molecule has 112 valence electrons. The maximum Gasteiger partial charge on any atom is 0.320 e. The van der Waals surface area contributed by atoms with E-state index in [1.165, 1.54) is 5.56 Å². The van der Waals surface area contributed by atoms with Crippen molar-refractivity contribution in [2.45, 2.75) is 31.7 Å². The van der Waals surface area contributed by atoms with Crippen molar-refractivity contribution < 1.29 is 14.6 Å². The zero-order valence-electron chi connectivity index (χ0n) is 11.7. The van der Waals surface area contributed by atoms with Gasteiger partial charge in [0.25, 0.3) is 0 Å². The first-order chi connectivity index (χ1) is 9.20. The molecule has 1 aromatic carbocycles. The third-order valence-electron chi connectivity index (χ3n) is 3.69. The van der Waals surface area contributed by atoms with E-state index in [-0.39, 0.29) is 18.4 Å². The summed E-state index contributed by atoms with van der Waals surface area (Å²) in [6, 6.07) is 7.78. The lowest BCUT2D eigenvalue weighted by Gasteiger charge is -2.20. The molecule has 1 fully saturated rings. The topological polar surface area (TPSA) is 49.8 Å². The van der Waals surface area contributed by atoms with Gasteiger partial charge in [-0.1, -0.05) is 12.1 Å². The number of ether oxygens (including phenoxy) is 1. The second kappa shape index (κ2) is 8.12. The minimum absolute atomic E-state index is 0. The lowest BCUT2D eigenvalue weighted by atomic mass is 10.1. The molecular weight excluding hydrogens is 278 g/mol. The van der Waals surface area contributed by atoms with E-state index in [0.717, 1.165) is 44.5 Å². The number of carboxylic acids is 1. The van der Waals surface area contributed by atoms with E-state index >= 15 is 0 Å². The number of likely N-dealkylation sites (tertiary alicyclic amines) is 1. The van der Waals surface area contributed by atoms with Crippen molar-refractivity contribution in [2.24, 2.45) is 0 Å². The van der Waals surface area contributed by atoms with Crippen molar-refractivity contribution in [1.82, 2.24) is 4.90 Å². The summed E-state index contributed by atoms with van der Waals surface area (Å²) in [5, 5.41) is 9.11. The standard InChI is InChI=1S/C15H21NO3.ClH/c1-19-13-7-2-5-12(11-13)6-3-9-16-10-4-8-14(16)15(17)18;/h2,5,7,11,14H,3-4,6,8-10H2,1H3,(H,17,18);1H/t14-;/m1./s1. The van der Waals surface area contributed by atoms with Crippen LogP contribution in [-0.2, 0) is 11.2 Å². The van der Waals surface area contributed by atoms with Crippen molar-refractivity contribution in [3.8, 4) is 5.75 Å². The van der Waals surface area contributed by atoms with Crippen LogP contribution in [0.25, 0.3) is 0 Å². The fourth-order valence-electron chi connectivity index (χ4n) is 2.69. The molecule has 1 heterocycles. The average molecular weight is 300 g/mol. The Balaban J connectivity index is 0.00000200. The Hall–Kier alpha value is -1.26. The molecule has 0 bridgehead atoms. The summed E-state index contributed by atoms with van der Waals surface area (Å²) in [7, 11) is 1.67. The third-order valence-corrected chi connectivity index (χ3v) is 3.69. The van der Waals surface area contributed by atoms with Crippen molar-refractivity contribution >= 4 is 18.4 Å². The van der Waals surface area contributed by atoms with Crippen molar-refractivity contribution in [2.75, 3.05) is 20.2 Å². The number of carboxylic acid groups (broad SMARTS) is 1. The summed E-state index contributed by atoms with van der Waals surface area (Å²) in [6.07, 6.45) is 3.72. The molecule has 1 aliphatic rings. The number of halogens is 1. The molecule has 0 unspecified atom stereocenters. The fourth-order valence-corrected chi connectivity index (χ4v) is 2.69. The first kappa shape index (κ1) is 16.8. The smallest absolute Gasteiger partial charge is 0.320 e. The molecular formula is C15H22ClNO3. The highest BCUT2D eigenvalue weighted by atomic mass is 35.5. The molecule has 0 aromatic heterocycles. The van der Waals surface area contributed by atoms with Gasteiger partial charge < -0.3 is 9.84 Å². The summed E-state index contributed by atoms with van der Waals surface area (Å²) < 4.78 is 5.19. The monoisotopic (exact) mass is 299 g/mol. The van der Waals surface area contributed by atoms with Crippen molar-refractivity contribution in [3.63, 3.8) is 0 Å². The quantitative estimate of drug-likeness (QED) is 0.877. The maximum absolute atomic E-state index is 11.1. The predicted molar refractivity (Wildman–Crippen MR) is 80.8 cm³/mol. The Morgan fingerprint density at radius 3 is 3.00 bits per heavy atom. The largest absolute Gasteiger partial charge is 0.497 e. The average Bonchev–Trinajstić information content (AvgIpc) is 2.87. The zero-order chi connectivity index (χ0) is 13.7. The molecule has 2 rings (SSSR count). The Morgan fingerprint density at radius 1 is 1.50 bits per heavy atom. The van der Waals surface area contributed by atoms with Gasteiger partial charge in [0.1, 0.15) is 11.8 Å². The zero-order valence-corrected chi connectivity index (χ0v) is 12.6. The predicted octanol–water partition coefficient (Wildman–Crippen LogP) is 2.60. The second-order valence-corrected chi connectivity index (χ2v) is 4.99. The lowest BCUT2D eigenvalue weighted by Crippen LogP contribution is -2.36. The molecule has 1 N–H and O–H groups in total. The number of carbonyl (C=O) groups is 1. The van der Waals surface area contributed by atoms with Crippen LogP contribution in [0.4, 0.5) is 0 Å². The molecule has 5 heteroatoms. The van der Waals surface area contributed by atoms with E-state index in [9.17, 15) is 4.79 Å². The number of rotatable bonds is 6. The van der Waals surface area contributed by atoms with Crippen LogP contribution in [0.3, 0.4) is 0 Å². The van der Waals surface area contributed by atoms with Crippen LogP contribution in [0.15, 0.2) is 24.3 Å². The van der Waals surface area contributed by atoms with E-state index in [1.54, 1.807) is 7.11 Å². The number of hydrogen-bond acceptors (Lipinski definition) is 3. The van der Waals surface area contributed by atoms with Crippen LogP contribution in [-0.4, -0.2) is 42.2 Å². The highest BCUT2D eigenvalue weighted by Crippen LogP contribution is 2.19. The van der Waals surface area contributed by atoms with Crippen LogP contribution in [0.2, 0.25) is 0 Å². The number of benzene rings is 1. The Bertz CT molecular complexity index is 439. The van der Waals surface area contributed by atoms with Gasteiger partial charge in [-0.2, -0.15) is 0 Å². The minimum atomic E-state index is -0.682. The van der Waals surface area contributed by atoms with E-state index in [2.05, 4.69) is 11.0 Å². The Labute approximate surface area is 126 Å². The maximum atomic E-state index is 11.1. The molecule has 0 amide bonds. The van der Waals surface area contributed by atoms with E-state index in [0.29, 0.717) is 0 Å². The molecule has 0 aliphatic carbocycles. The van der Waals surface area contributed by atoms with Crippen molar-refractivity contribution in [3.05, 3.63) is 29.8 Å². The Kier molecular flexibility index (Phi) is 6.82. The van der Waals surface area contributed by atoms with Crippen LogP contribution in [0, 0.1) is 0 Å². The first-order valence-electron chi connectivity index (χ1n) is 6.80. The first-order valence-corrected chi connectivity index (χ1v) is 6.80. The normalized spacial score (nSPS) is 18.6. The molecule has 1 atom stereocenters. The van der Waals surface area contributed by atoms with Crippen molar-refractivity contribution in [1.29, 1.82) is 0 Å². The van der Waals surface area contributed by atoms with Gasteiger partial charge >= 0.3 is 5.97 Å². The van der Waals surface area contributed by atoms with Crippen LogP contribution in [0.1, 0.15) is 24.8 Å². The Morgan fingerprint density at radius 2 is 2.30 bits per heavy atom. The molecule has 0 radical (unpaired) electrons. The number of aryl methyl sites for hydroxylation is 1. The molecule has 1 aliphatic heterocycles. The molecule has 20 heavy (non-hydrogen) atoms. The van der Waals surface area contributed by atoms with Gasteiger partial charge in [0.2, 0.25) is 0 Å². The number of methoxy groups -OCH3 is 1. The SMILES string of the molecule is COc1cccc(CCCN2CCC[C@@H]2C(=O)O)c1.Cl. The summed E-state index contributed by atoms with van der Waals surface area (Å²) in [6.45, 7) is 1.77. The second-order valence-electron chi connectivity index (χ2n) is 4.99. The molecule has 0 saturated carbocycles. The summed E-state index contributed by atoms with van der Waals surface area (Å²) in [5.41, 5.74) is 1.24. The van der Waals surface area contributed by atoms with Crippen LogP contribution < -0.4 is 4.74 Å². The van der Waals surface area contributed by atoms with Gasteiger partial charge in [0, 0.05) is 0 Å². The number of nitrogens with zero attached hydrogens (tertiary/aromatic N) is 1. The fraction of sp³-hybridized carbons (Fsp3) is 0.533. The highest BCUT2D eigenvalue weighted by molar-refractivity contribution is 5.85. The van der Waals surface area contributed by atoms with E-state index in [1.807, 2.05) is 18.2 Å². The number of aliphatic carboxylic acids is 1. The summed E-state index contributed by atoms with van der Waals surface area (Å²) in [5.74, 6) is 0.195. The van der Waals surface area contributed by atoms with Gasteiger partial charge in [0.15, 0.2) is 0 Å².